The predicted molar refractivity (Wildman–Crippen MR) is 73.3 cm³/mol. The first-order valence-corrected chi connectivity index (χ1v) is 6.12. The Morgan fingerprint density at radius 1 is 0.938 bits per heavy atom. The molecule has 1 aromatic rings. The maximum absolute atomic E-state index is 2.51. The summed E-state index contributed by atoms with van der Waals surface area (Å²) in [5.74, 6) is 0.639. The van der Waals surface area contributed by atoms with Crippen LogP contribution in [0.4, 0.5) is 5.69 Å². The van der Waals surface area contributed by atoms with E-state index in [2.05, 4.69) is 43.0 Å². The zero-order valence-electron chi connectivity index (χ0n) is 9.87. The van der Waals surface area contributed by atoms with Gasteiger partial charge in [-0.3, -0.25) is 0 Å². The van der Waals surface area contributed by atoms with E-state index in [0.717, 1.165) is 0 Å². The maximum Gasteiger partial charge on any atom is 0.0366 e. The summed E-state index contributed by atoms with van der Waals surface area (Å²) in [6.45, 7) is 6.97. The first-order valence-electron chi connectivity index (χ1n) is 6.12. The summed E-state index contributed by atoms with van der Waals surface area (Å²) in [6, 6.07) is 9.10. The predicted octanol–water partition coefficient (Wildman–Crippen LogP) is 4.44. The molecular weight excluding hydrogens is 194 g/mol. The lowest BCUT2D eigenvalue weighted by molar-refractivity contribution is 0.578. The van der Waals surface area contributed by atoms with Crippen LogP contribution in [0.15, 0.2) is 24.3 Å². The molecule has 0 radical (unpaired) electrons. The molecule has 1 aliphatic rings. The molecule has 1 aromatic carbocycles. The first kappa shape index (κ1) is 13.1. The fourth-order valence-corrected chi connectivity index (χ4v) is 2.22. The van der Waals surface area contributed by atoms with E-state index in [1.54, 1.807) is 0 Å². The molecule has 1 saturated heterocycles. The van der Waals surface area contributed by atoms with Gasteiger partial charge in [0.2, 0.25) is 0 Å². The summed E-state index contributed by atoms with van der Waals surface area (Å²) in [6.07, 6.45) is 4.11. The van der Waals surface area contributed by atoms with Crippen molar-refractivity contribution in [3.05, 3.63) is 29.8 Å². The van der Waals surface area contributed by atoms with Gasteiger partial charge in [-0.2, -0.15) is 0 Å². The quantitative estimate of drug-likeness (QED) is 0.711. The summed E-state index contributed by atoms with van der Waals surface area (Å²) in [5, 5.41) is 0. The molecule has 1 nitrogen and oxygen atoms in total. The Morgan fingerprint density at radius 3 is 2.00 bits per heavy atom. The van der Waals surface area contributed by atoms with E-state index in [1.165, 1.54) is 43.6 Å². The van der Waals surface area contributed by atoms with Gasteiger partial charge in [0.1, 0.15) is 0 Å². The minimum Gasteiger partial charge on any atom is -0.372 e. The van der Waals surface area contributed by atoms with Crippen molar-refractivity contribution >= 4 is 5.69 Å². The molecule has 0 amide bonds. The van der Waals surface area contributed by atoms with E-state index in [4.69, 9.17) is 0 Å². The number of rotatable bonds is 2. The van der Waals surface area contributed by atoms with Crippen LogP contribution in [0.1, 0.15) is 52.0 Å². The molecule has 0 aromatic heterocycles. The molecule has 1 fully saturated rings. The van der Waals surface area contributed by atoms with Crippen molar-refractivity contribution in [3.8, 4) is 0 Å². The molecule has 1 heteroatoms. The Morgan fingerprint density at radius 2 is 1.50 bits per heavy atom. The summed E-state index contributed by atoms with van der Waals surface area (Å²) in [4.78, 5) is 2.51. The lowest BCUT2D eigenvalue weighted by atomic mass is 10.0. The lowest BCUT2D eigenvalue weighted by Crippen LogP contribution is -2.29. The Balaban J connectivity index is 0.00000128. The average molecular weight is 219 g/mol. The third-order valence-corrected chi connectivity index (χ3v) is 3.28. The lowest BCUT2D eigenvalue weighted by Gasteiger charge is -2.29. The number of benzene rings is 1. The highest BCUT2D eigenvalue weighted by Gasteiger charge is 2.10. The van der Waals surface area contributed by atoms with Crippen LogP contribution in [0.3, 0.4) is 0 Å². The normalized spacial score (nSPS) is 16.1. The molecule has 0 unspecified atom stereocenters. The summed E-state index contributed by atoms with van der Waals surface area (Å²) < 4.78 is 0. The van der Waals surface area contributed by atoms with Crippen LogP contribution < -0.4 is 4.90 Å². The molecular formula is C15H25N. The van der Waals surface area contributed by atoms with E-state index < -0.39 is 0 Å². The van der Waals surface area contributed by atoms with Gasteiger partial charge in [0.05, 0.1) is 0 Å². The average Bonchev–Trinajstić information content (AvgIpc) is 2.30. The standard InChI is InChI=1S/C14H21N.CH4/c1-12(2)13-6-8-14(9-7-13)15-10-4-3-5-11-15;/h6-9,12H,3-5,10-11H2,1-2H3;1H4. The molecule has 2 rings (SSSR count). The second-order valence-electron chi connectivity index (χ2n) is 4.79. The highest BCUT2D eigenvalue weighted by atomic mass is 15.1. The van der Waals surface area contributed by atoms with Crippen LogP contribution in [0.2, 0.25) is 0 Å². The topological polar surface area (TPSA) is 3.24 Å². The summed E-state index contributed by atoms with van der Waals surface area (Å²) in [7, 11) is 0. The Bertz CT molecular complexity index is 294. The van der Waals surface area contributed by atoms with Gasteiger partial charge >= 0.3 is 0 Å². The molecule has 1 heterocycles. The first-order chi connectivity index (χ1) is 7.27. The van der Waals surface area contributed by atoms with Gasteiger partial charge in [-0.15, -0.1) is 0 Å². The van der Waals surface area contributed by atoms with Crippen LogP contribution in [-0.4, -0.2) is 13.1 Å². The van der Waals surface area contributed by atoms with Crippen LogP contribution in [0, 0.1) is 0 Å². The largest absolute Gasteiger partial charge is 0.372 e. The smallest absolute Gasteiger partial charge is 0.0366 e. The van der Waals surface area contributed by atoms with Gasteiger partial charge < -0.3 is 4.90 Å². The fraction of sp³-hybridized carbons (Fsp3) is 0.600. The Kier molecular flexibility index (Phi) is 4.85. The van der Waals surface area contributed by atoms with Crippen LogP contribution in [-0.2, 0) is 0 Å². The number of hydrogen-bond acceptors (Lipinski definition) is 1. The van der Waals surface area contributed by atoms with Crippen molar-refractivity contribution in [1.29, 1.82) is 0 Å². The number of piperidine rings is 1. The van der Waals surface area contributed by atoms with Crippen molar-refractivity contribution < 1.29 is 0 Å². The monoisotopic (exact) mass is 219 g/mol. The van der Waals surface area contributed by atoms with Crippen molar-refractivity contribution in [2.45, 2.75) is 46.5 Å². The molecule has 0 saturated carbocycles. The fourth-order valence-electron chi connectivity index (χ4n) is 2.22. The molecule has 0 aliphatic carbocycles. The van der Waals surface area contributed by atoms with E-state index in [-0.39, 0.29) is 7.43 Å². The summed E-state index contributed by atoms with van der Waals surface area (Å²) in [5.41, 5.74) is 2.84. The number of anilines is 1. The minimum absolute atomic E-state index is 0. The molecule has 1 aliphatic heterocycles. The second kappa shape index (κ2) is 5.93. The molecule has 0 atom stereocenters. The molecule has 16 heavy (non-hydrogen) atoms. The van der Waals surface area contributed by atoms with Crippen molar-refractivity contribution in [1.82, 2.24) is 0 Å². The third-order valence-electron chi connectivity index (χ3n) is 3.28. The Hall–Kier alpha value is -0.980. The summed E-state index contributed by atoms with van der Waals surface area (Å²) >= 11 is 0. The second-order valence-corrected chi connectivity index (χ2v) is 4.79. The number of nitrogens with zero attached hydrogens (tertiary/aromatic N) is 1. The van der Waals surface area contributed by atoms with Crippen molar-refractivity contribution in [3.63, 3.8) is 0 Å². The van der Waals surface area contributed by atoms with E-state index in [9.17, 15) is 0 Å². The highest BCUT2D eigenvalue weighted by Crippen LogP contribution is 2.22. The maximum atomic E-state index is 2.51. The third kappa shape index (κ3) is 3.01. The zero-order chi connectivity index (χ0) is 10.7. The van der Waals surface area contributed by atoms with Gasteiger partial charge in [-0.05, 0) is 42.9 Å². The van der Waals surface area contributed by atoms with Crippen LogP contribution >= 0.6 is 0 Å². The number of hydrogen-bond donors (Lipinski definition) is 0. The molecule has 0 bridgehead atoms. The van der Waals surface area contributed by atoms with Gasteiger partial charge in [-0.25, -0.2) is 0 Å². The van der Waals surface area contributed by atoms with Gasteiger partial charge in [0, 0.05) is 18.8 Å². The molecule has 0 N–H and O–H groups in total. The van der Waals surface area contributed by atoms with Crippen LogP contribution in [0.25, 0.3) is 0 Å². The van der Waals surface area contributed by atoms with Gasteiger partial charge in [0.25, 0.3) is 0 Å². The Labute approximate surface area is 100 Å². The van der Waals surface area contributed by atoms with Gasteiger partial charge in [-0.1, -0.05) is 33.4 Å². The van der Waals surface area contributed by atoms with Gasteiger partial charge in [0.15, 0.2) is 0 Å². The SMILES string of the molecule is C.CC(C)c1ccc(N2CCCCC2)cc1. The van der Waals surface area contributed by atoms with Crippen LogP contribution in [0.5, 0.6) is 0 Å². The van der Waals surface area contributed by atoms with Crippen molar-refractivity contribution in [2.24, 2.45) is 0 Å². The van der Waals surface area contributed by atoms with E-state index in [1.807, 2.05) is 0 Å². The van der Waals surface area contributed by atoms with E-state index >= 15 is 0 Å². The minimum atomic E-state index is 0. The molecule has 0 spiro atoms. The molecule has 90 valence electrons. The van der Waals surface area contributed by atoms with Crippen molar-refractivity contribution in [2.75, 3.05) is 18.0 Å². The zero-order valence-corrected chi connectivity index (χ0v) is 9.87. The highest BCUT2D eigenvalue weighted by molar-refractivity contribution is 5.48. The van der Waals surface area contributed by atoms with E-state index in [0.29, 0.717) is 5.92 Å².